The van der Waals surface area contributed by atoms with Gasteiger partial charge in [0.1, 0.15) is 5.82 Å². The fraction of sp³-hybridized carbons (Fsp3) is 0.625. The van der Waals surface area contributed by atoms with Crippen LogP contribution in [0.15, 0.2) is 10.5 Å². The van der Waals surface area contributed by atoms with Crippen molar-refractivity contribution in [3.63, 3.8) is 0 Å². The third kappa shape index (κ3) is 5.31. The number of aromatic nitrogens is 4. The van der Waals surface area contributed by atoms with E-state index in [0.29, 0.717) is 24.7 Å². The molecule has 8 heteroatoms. The van der Waals surface area contributed by atoms with E-state index in [1.54, 1.807) is 23.1 Å². The van der Waals surface area contributed by atoms with Gasteiger partial charge in [-0.1, -0.05) is 39.5 Å². The molecule has 0 aromatic carbocycles. The SMILES string of the molecule is CC(C)Cn1c(CCC(N)=O)nnc1SCc1csc(C(C)C)n1. The lowest BCUT2D eigenvalue weighted by Gasteiger charge is -2.11. The lowest BCUT2D eigenvalue weighted by molar-refractivity contribution is -0.118. The van der Waals surface area contributed by atoms with E-state index < -0.39 is 0 Å². The van der Waals surface area contributed by atoms with Crippen LogP contribution in [0.3, 0.4) is 0 Å². The van der Waals surface area contributed by atoms with Crippen LogP contribution in [0.2, 0.25) is 0 Å². The second kappa shape index (κ2) is 8.62. The van der Waals surface area contributed by atoms with Gasteiger partial charge in [-0.25, -0.2) is 4.98 Å². The van der Waals surface area contributed by atoms with Crippen LogP contribution in [-0.4, -0.2) is 25.7 Å². The van der Waals surface area contributed by atoms with E-state index in [2.05, 4.69) is 52.8 Å². The van der Waals surface area contributed by atoms with Gasteiger partial charge < -0.3 is 10.3 Å². The quantitative estimate of drug-likeness (QED) is 0.688. The Bertz CT molecular complexity index is 678. The summed E-state index contributed by atoms with van der Waals surface area (Å²) in [5, 5.41) is 12.7. The van der Waals surface area contributed by atoms with Crippen LogP contribution in [0.1, 0.15) is 56.6 Å². The Morgan fingerprint density at radius 1 is 1.33 bits per heavy atom. The van der Waals surface area contributed by atoms with Crippen LogP contribution in [0.25, 0.3) is 0 Å². The van der Waals surface area contributed by atoms with E-state index in [1.165, 1.54) is 0 Å². The van der Waals surface area contributed by atoms with Gasteiger partial charge in [-0.05, 0) is 5.92 Å². The molecule has 0 aliphatic carbocycles. The number of thioether (sulfide) groups is 1. The molecule has 6 nitrogen and oxygen atoms in total. The summed E-state index contributed by atoms with van der Waals surface area (Å²) in [5.74, 6) is 2.21. The number of nitrogens with two attached hydrogens (primary N) is 1. The molecule has 0 radical (unpaired) electrons. The van der Waals surface area contributed by atoms with Crippen molar-refractivity contribution < 1.29 is 4.79 Å². The number of amides is 1. The zero-order valence-corrected chi connectivity index (χ0v) is 16.3. The van der Waals surface area contributed by atoms with E-state index in [-0.39, 0.29) is 5.91 Å². The third-order valence-corrected chi connectivity index (χ3v) is 5.54. The number of rotatable bonds is 9. The van der Waals surface area contributed by atoms with Gasteiger partial charge in [0.25, 0.3) is 0 Å². The Morgan fingerprint density at radius 3 is 2.67 bits per heavy atom. The lowest BCUT2D eigenvalue weighted by Crippen LogP contribution is -2.15. The maximum atomic E-state index is 11.0. The number of primary amides is 1. The number of carbonyl (C=O) groups excluding carboxylic acids is 1. The van der Waals surface area contributed by atoms with E-state index in [0.717, 1.165) is 34.0 Å². The van der Waals surface area contributed by atoms with E-state index >= 15 is 0 Å². The minimum atomic E-state index is -0.313. The highest BCUT2D eigenvalue weighted by molar-refractivity contribution is 7.98. The van der Waals surface area contributed by atoms with Crippen molar-refractivity contribution in [1.82, 2.24) is 19.7 Å². The topological polar surface area (TPSA) is 86.7 Å². The summed E-state index contributed by atoms with van der Waals surface area (Å²) in [6, 6.07) is 0. The van der Waals surface area contributed by atoms with Gasteiger partial charge in [0.05, 0.1) is 10.7 Å². The molecule has 0 bridgehead atoms. The Kier molecular flexibility index (Phi) is 6.79. The monoisotopic (exact) mass is 367 g/mol. The first kappa shape index (κ1) is 18.9. The summed E-state index contributed by atoms with van der Waals surface area (Å²) < 4.78 is 2.11. The van der Waals surface area contributed by atoms with Crippen molar-refractivity contribution in [3.05, 3.63) is 21.9 Å². The average Bonchev–Trinajstić information content (AvgIpc) is 3.10. The highest BCUT2D eigenvalue weighted by atomic mass is 32.2. The van der Waals surface area contributed by atoms with Crippen LogP contribution in [0, 0.1) is 5.92 Å². The highest BCUT2D eigenvalue weighted by Gasteiger charge is 2.15. The number of nitrogens with zero attached hydrogens (tertiary/aromatic N) is 4. The zero-order chi connectivity index (χ0) is 17.7. The number of thiazole rings is 1. The number of hydrogen-bond acceptors (Lipinski definition) is 6. The zero-order valence-electron chi connectivity index (χ0n) is 14.7. The number of carbonyl (C=O) groups is 1. The van der Waals surface area contributed by atoms with Gasteiger partial charge in [-0.2, -0.15) is 0 Å². The Morgan fingerprint density at radius 2 is 2.08 bits per heavy atom. The number of aryl methyl sites for hydroxylation is 1. The second-order valence-electron chi connectivity index (χ2n) is 6.49. The minimum absolute atomic E-state index is 0.296. The summed E-state index contributed by atoms with van der Waals surface area (Å²) in [6.07, 6.45) is 0.828. The first-order chi connectivity index (χ1) is 11.4. The molecule has 0 fully saturated rings. The smallest absolute Gasteiger partial charge is 0.217 e. The molecule has 1 amide bonds. The molecule has 0 aliphatic rings. The Labute approximate surface area is 151 Å². The summed E-state index contributed by atoms with van der Waals surface area (Å²) in [6.45, 7) is 9.45. The van der Waals surface area contributed by atoms with Crippen molar-refractivity contribution in [2.45, 2.75) is 63.9 Å². The second-order valence-corrected chi connectivity index (χ2v) is 8.32. The molecule has 132 valence electrons. The molecule has 2 heterocycles. The predicted molar refractivity (Wildman–Crippen MR) is 98.1 cm³/mol. The van der Waals surface area contributed by atoms with Crippen LogP contribution in [0.4, 0.5) is 0 Å². The van der Waals surface area contributed by atoms with Crippen LogP contribution in [-0.2, 0) is 23.5 Å². The van der Waals surface area contributed by atoms with Crippen LogP contribution >= 0.6 is 23.1 Å². The van der Waals surface area contributed by atoms with Crippen molar-refractivity contribution in [2.24, 2.45) is 11.7 Å². The standard InChI is InChI=1S/C16H25N5OS2/c1-10(2)7-21-14(6-5-13(17)22)19-20-16(21)24-9-12-8-23-15(18-12)11(3)4/h8,10-11H,5-7,9H2,1-4H3,(H2,17,22). The maximum Gasteiger partial charge on any atom is 0.217 e. The van der Waals surface area contributed by atoms with E-state index in [1.807, 2.05) is 0 Å². The normalized spacial score (nSPS) is 11.6. The molecule has 2 aromatic rings. The summed E-state index contributed by atoms with van der Waals surface area (Å²) in [4.78, 5) is 15.7. The van der Waals surface area contributed by atoms with Gasteiger partial charge in [0, 0.05) is 36.4 Å². The first-order valence-electron chi connectivity index (χ1n) is 8.14. The molecular formula is C16H25N5OS2. The van der Waals surface area contributed by atoms with Gasteiger partial charge >= 0.3 is 0 Å². The van der Waals surface area contributed by atoms with E-state index in [4.69, 9.17) is 5.73 Å². The first-order valence-corrected chi connectivity index (χ1v) is 10.0. The minimum Gasteiger partial charge on any atom is -0.370 e. The van der Waals surface area contributed by atoms with Crippen molar-refractivity contribution in [2.75, 3.05) is 0 Å². The molecular weight excluding hydrogens is 342 g/mol. The molecule has 24 heavy (non-hydrogen) atoms. The molecule has 0 saturated carbocycles. The van der Waals surface area contributed by atoms with Crippen molar-refractivity contribution in [1.29, 1.82) is 0 Å². The summed E-state index contributed by atoms with van der Waals surface area (Å²) in [5.41, 5.74) is 6.33. The Balaban J connectivity index is 2.08. The number of hydrogen-bond donors (Lipinski definition) is 1. The van der Waals surface area contributed by atoms with Gasteiger partial charge in [-0.15, -0.1) is 21.5 Å². The molecule has 0 unspecified atom stereocenters. The molecule has 0 atom stereocenters. The molecule has 2 rings (SSSR count). The fourth-order valence-electron chi connectivity index (χ4n) is 2.19. The average molecular weight is 368 g/mol. The largest absolute Gasteiger partial charge is 0.370 e. The van der Waals surface area contributed by atoms with Crippen LogP contribution in [0.5, 0.6) is 0 Å². The van der Waals surface area contributed by atoms with Gasteiger partial charge in [0.2, 0.25) is 5.91 Å². The molecule has 0 aliphatic heterocycles. The molecule has 2 N–H and O–H groups in total. The fourth-order valence-corrected chi connectivity index (χ4v) is 3.99. The van der Waals surface area contributed by atoms with Crippen molar-refractivity contribution >= 4 is 29.0 Å². The van der Waals surface area contributed by atoms with Crippen molar-refractivity contribution in [3.8, 4) is 0 Å². The Hall–Kier alpha value is -1.41. The maximum absolute atomic E-state index is 11.0. The molecule has 0 saturated heterocycles. The third-order valence-electron chi connectivity index (χ3n) is 3.35. The molecule has 0 spiro atoms. The highest BCUT2D eigenvalue weighted by Crippen LogP contribution is 2.26. The summed E-state index contributed by atoms with van der Waals surface area (Å²) in [7, 11) is 0. The predicted octanol–water partition coefficient (Wildman–Crippen LogP) is 3.22. The lowest BCUT2D eigenvalue weighted by atomic mass is 10.2. The van der Waals surface area contributed by atoms with Gasteiger partial charge in [-0.3, -0.25) is 4.79 Å². The molecule has 2 aromatic heterocycles. The van der Waals surface area contributed by atoms with Gasteiger partial charge in [0.15, 0.2) is 5.16 Å². The van der Waals surface area contributed by atoms with E-state index in [9.17, 15) is 4.79 Å². The summed E-state index contributed by atoms with van der Waals surface area (Å²) >= 11 is 3.35. The van der Waals surface area contributed by atoms with Crippen LogP contribution < -0.4 is 5.73 Å².